The Labute approximate surface area is 185 Å². The van der Waals surface area contributed by atoms with Crippen LogP contribution < -0.4 is 4.74 Å². The third kappa shape index (κ3) is 6.70. The van der Waals surface area contributed by atoms with E-state index in [-0.39, 0.29) is 23.8 Å². The number of unbranched alkanes of at least 4 members (excludes halogenated alkanes) is 2. The highest BCUT2D eigenvalue weighted by molar-refractivity contribution is 8.45. The summed E-state index contributed by atoms with van der Waals surface area (Å²) >= 11 is 0. The normalized spacial score (nSPS) is 21.4. The second-order valence-electron chi connectivity index (χ2n) is 8.61. The minimum atomic E-state index is -9.73. The Morgan fingerprint density at radius 2 is 1.47 bits per heavy atom. The van der Waals surface area contributed by atoms with E-state index in [2.05, 4.69) is 31.2 Å². The van der Waals surface area contributed by atoms with Crippen LogP contribution in [0.1, 0.15) is 68.9 Å². The number of halogens is 5. The van der Waals surface area contributed by atoms with Crippen molar-refractivity contribution in [2.24, 2.45) is 5.92 Å². The van der Waals surface area contributed by atoms with Crippen molar-refractivity contribution in [3.63, 3.8) is 0 Å². The lowest BCUT2D eigenvalue weighted by Gasteiger charge is -2.40. The number of ether oxygens (including phenoxy) is 1. The standard InChI is InChI=1S/C24H29F5O2S/c1-2-3-4-5-18-6-8-19(9-7-18)20-10-12-21(13-11-20)24(30)31-22-14-16-23(17-15-22)32(25,26,27,28)29/h6-9,14-17,20-21H,2-5,10-13H2,1H3. The smallest absolute Gasteiger partial charge is 0.314 e. The number of benzene rings is 2. The van der Waals surface area contributed by atoms with Crippen molar-refractivity contribution in [3.8, 4) is 5.75 Å². The van der Waals surface area contributed by atoms with Crippen molar-refractivity contribution in [3.05, 3.63) is 59.7 Å². The molecule has 32 heavy (non-hydrogen) atoms. The van der Waals surface area contributed by atoms with Crippen LogP contribution in [0.4, 0.5) is 19.4 Å². The average molecular weight is 477 g/mol. The van der Waals surface area contributed by atoms with Crippen LogP contribution >= 0.6 is 10.2 Å². The van der Waals surface area contributed by atoms with E-state index in [0.717, 1.165) is 31.4 Å². The second-order valence-corrected chi connectivity index (χ2v) is 11.0. The lowest BCUT2D eigenvalue weighted by molar-refractivity contribution is -0.140. The van der Waals surface area contributed by atoms with E-state index in [1.807, 2.05) is 0 Å². The summed E-state index contributed by atoms with van der Waals surface area (Å²) in [4.78, 5) is 10.4. The second kappa shape index (κ2) is 8.69. The zero-order valence-electron chi connectivity index (χ0n) is 18.0. The summed E-state index contributed by atoms with van der Waals surface area (Å²) in [6.45, 7) is 2.18. The Hall–Kier alpha value is -2.09. The molecule has 0 N–H and O–H groups in total. The molecular weight excluding hydrogens is 447 g/mol. The molecule has 0 spiro atoms. The third-order valence-electron chi connectivity index (χ3n) is 6.07. The van der Waals surface area contributed by atoms with Crippen LogP contribution in [-0.4, -0.2) is 5.97 Å². The summed E-state index contributed by atoms with van der Waals surface area (Å²) in [6, 6.07) is 10.7. The van der Waals surface area contributed by atoms with Gasteiger partial charge in [0.1, 0.15) is 10.6 Å². The molecule has 1 fully saturated rings. The van der Waals surface area contributed by atoms with E-state index in [1.165, 1.54) is 30.4 Å². The molecule has 0 unspecified atom stereocenters. The number of aryl methyl sites for hydroxylation is 1. The molecule has 1 saturated carbocycles. The van der Waals surface area contributed by atoms with Crippen LogP contribution in [0.25, 0.3) is 0 Å². The summed E-state index contributed by atoms with van der Waals surface area (Å²) in [5.41, 5.74) is 2.58. The summed E-state index contributed by atoms with van der Waals surface area (Å²) < 4.78 is 69.1. The van der Waals surface area contributed by atoms with Gasteiger partial charge in [-0.2, -0.15) is 0 Å². The molecule has 0 saturated heterocycles. The fourth-order valence-corrected chi connectivity index (χ4v) is 4.81. The van der Waals surface area contributed by atoms with Crippen LogP contribution in [0.2, 0.25) is 0 Å². The molecule has 1 aliphatic rings. The van der Waals surface area contributed by atoms with Gasteiger partial charge in [-0.05, 0) is 79.8 Å². The van der Waals surface area contributed by atoms with Crippen LogP contribution in [0.15, 0.2) is 53.4 Å². The van der Waals surface area contributed by atoms with Crippen molar-refractivity contribution < 1.29 is 29.0 Å². The van der Waals surface area contributed by atoms with E-state index in [0.29, 0.717) is 18.8 Å². The third-order valence-corrected chi connectivity index (χ3v) is 7.23. The maximum Gasteiger partial charge on any atom is 0.314 e. The van der Waals surface area contributed by atoms with Crippen molar-refractivity contribution in [1.82, 2.24) is 0 Å². The van der Waals surface area contributed by atoms with Crippen molar-refractivity contribution in [1.29, 1.82) is 0 Å². The molecule has 0 atom stereocenters. The maximum absolute atomic E-state index is 12.8. The van der Waals surface area contributed by atoms with Gasteiger partial charge in [0.25, 0.3) is 0 Å². The molecule has 0 bridgehead atoms. The largest absolute Gasteiger partial charge is 0.426 e. The van der Waals surface area contributed by atoms with E-state index in [1.54, 1.807) is 0 Å². The molecule has 2 aromatic carbocycles. The van der Waals surface area contributed by atoms with Gasteiger partial charge in [-0.15, -0.1) is 0 Å². The van der Waals surface area contributed by atoms with E-state index >= 15 is 0 Å². The fourth-order valence-electron chi connectivity index (χ4n) is 4.16. The van der Waals surface area contributed by atoms with E-state index in [4.69, 9.17) is 4.74 Å². The molecule has 2 aromatic rings. The van der Waals surface area contributed by atoms with Crippen LogP contribution in [0.5, 0.6) is 5.75 Å². The van der Waals surface area contributed by atoms with Gasteiger partial charge in [0, 0.05) is 0 Å². The Balaban J connectivity index is 1.51. The highest BCUT2D eigenvalue weighted by atomic mass is 32.5. The zero-order valence-corrected chi connectivity index (χ0v) is 18.9. The van der Waals surface area contributed by atoms with E-state index < -0.39 is 21.1 Å². The van der Waals surface area contributed by atoms with Gasteiger partial charge in [-0.3, -0.25) is 4.79 Å². The molecule has 0 radical (unpaired) electrons. The first-order valence-electron chi connectivity index (χ1n) is 11.0. The Morgan fingerprint density at radius 3 is 2.00 bits per heavy atom. The monoisotopic (exact) mass is 476 g/mol. The lowest BCUT2D eigenvalue weighted by atomic mass is 9.78. The molecule has 1 aliphatic carbocycles. The van der Waals surface area contributed by atoms with Gasteiger partial charge >= 0.3 is 16.2 Å². The number of carbonyl (C=O) groups excluding carboxylic acids is 1. The molecule has 0 aliphatic heterocycles. The minimum absolute atomic E-state index is 0.165. The van der Waals surface area contributed by atoms with Gasteiger partial charge in [-0.1, -0.05) is 63.5 Å². The Kier molecular flexibility index (Phi) is 6.67. The number of hydrogen-bond acceptors (Lipinski definition) is 2. The Bertz CT molecular complexity index is 917. The first-order chi connectivity index (χ1) is 14.9. The number of carbonyl (C=O) groups is 1. The van der Waals surface area contributed by atoms with Gasteiger partial charge in [0.15, 0.2) is 0 Å². The molecule has 178 valence electrons. The summed E-state index contributed by atoms with van der Waals surface area (Å²) in [5, 5.41) is 0. The van der Waals surface area contributed by atoms with E-state index in [9.17, 15) is 24.2 Å². The topological polar surface area (TPSA) is 26.3 Å². The lowest BCUT2D eigenvalue weighted by Crippen LogP contribution is -2.25. The molecule has 0 amide bonds. The fraction of sp³-hybridized carbons (Fsp3) is 0.458. The first kappa shape index (κ1) is 24.6. The zero-order chi connectivity index (χ0) is 23.5. The molecule has 2 nitrogen and oxygen atoms in total. The maximum atomic E-state index is 12.8. The summed E-state index contributed by atoms with van der Waals surface area (Å²) in [6.07, 6.45) is 7.55. The Morgan fingerprint density at radius 1 is 0.875 bits per heavy atom. The molecule has 0 heterocycles. The SMILES string of the molecule is CCCCCc1ccc(C2CCC(C(=O)Oc3ccc(S(F)(F)(F)(F)F)cc3)CC2)cc1. The van der Waals surface area contributed by atoms with Gasteiger partial charge in [0.2, 0.25) is 0 Å². The predicted octanol–water partition coefficient (Wildman–Crippen LogP) is 8.96. The van der Waals surface area contributed by atoms with Crippen LogP contribution in [0.3, 0.4) is 0 Å². The average Bonchev–Trinajstić information content (AvgIpc) is 2.73. The number of rotatable bonds is 8. The quantitative estimate of drug-likeness (QED) is 0.164. The number of hydrogen-bond donors (Lipinski definition) is 0. The van der Waals surface area contributed by atoms with Crippen LogP contribution in [0, 0.1) is 5.92 Å². The first-order valence-corrected chi connectivity index (χ1v) is 13.0. The highest BCUT2D eigenvalue weighted by Crippen LogP contribution is 3.02. The molecular formula is C24H29F5O2S. The van der Waals surface area contributed by atoms with Crippen molar-refractivity contribution in [2.75, 3.05) is 0 Å². The summed E-state index contributed by atoms with van der Waals surface area (Å²) in [5.74, 6) is -0.688. The van der Waals surface area contributed by atoms with Crippen molar-refractivity contribution >= 4 is 16.2 Å². The molecule has 0 aromatic heterocycles. The molecule has 8 heteroatoms. The van der Waals surface area contributed by atoms with Crippen molar-refractivity contribution in [2.45, 2.75) is 69.1 Å². The molecule has 3 rings (SSSR count). The minimum Gasteiger partial charge on any atom is -0.426 e. The van der Waals surface area contributed by atoms with Gasteiger partial charge in [-0.25, -0.2) is 0 Å². The van der Waals surface area contributed by atoms with Gasteiger partial charge < -0.3 is 4.74 Å². The summed E-state index contributed by atoms with van der Waals surface area (Å²) in [7, 11) is -9.73. The number of esters is 1. The predicted molar refractivity (Wildman–Crippen MR) is 118 cm³/mol. The van der Waals surface area contributed by atoms with Crippen LogP contribution in [-0.2, 0) is 11.2 Å². The highest BCUT2D eigenvalue weighted by Gasteiger charge is 2.65. The van der Waals surface area contributed by atoms with Gasteiger partial charge in [0.05, 0.1) is 5.92 Å².